The van der Waals surface area contributed by atoms with Crippen LogP contribution in [0.2, 0.25) is 0 Å². The van der Waals surface area contributed by atoms with Crippen molar-refractivity contribution >= 4 is 27.8 Å². The van der Waals surface area contributed by atoms with Crippen LogP contribution in [0.4, 0.5) is 0 Å². The third kappa shape index (κ3) is 4.06. The molecule has 1 aliphatic rings. The summed E-state index contributed by atoms with van der Waals surface area (Å²) in [5, 5.41) is 12.1. The first-order valence-electron chi connectivity index (χ1n) is 7.26. The Hall–Kier alpha value is -1.36. The lowest BCUT2D eigenvalue weighted by Gasteiger charge is -2.15. The molecule has 0 heterocycles. The van der Waals surface area contributed by atoms with Gasteiger partial charge in [-0.2, -0.15) is 0 Å². The van der Waals surface area contributed by atoms with E-state index in [-0.39, 0.29) is 5.91 Å². The maximum atomic E-state index is 12.3. The Morgan fingerprint density at radius 1 is 1.24 bits per heavy atom. The molecule has 0 aromatic heterocycles. The van der Waals surface area contributed by atoms with Crippen LogP contribution in [-0.4, -0.2) is 17.0 Å². The van der Waals surface area contributed by atoms with Crippen LogP contribution in [0.1, 0.15) is 31.7 Å². The molecule has 1 fully saturated rings. The van der Waals surface area contributed by atoms with E-state index in [1.807, 2.05) is 31.2 Å². The molecule has 1 amide bonds. The molecule has 1 aromatic carbocycles. The second kappa shape index (κ2) is 7.07. The summed E-state index contributed by atoms with van der Waals surface area (Å²) < 4.78 is 0.991. The van der Waals surface area contributed by atoms with Gasteiger partial charge >= 0.3 is 5.97 Å². The average molecular weight is 354 g/mol. The van der Waals surface area contributed by atoms with Crippen molar-refractivity contribution in [2.45, 2.75) is 32.7 Å². The van der Waals surface area contributed by atoms with Gasteiger partial charge in [0.2, 0.25) is 5.91 Å². The van der Waals surface area contributed by atoms with E-state index < -0.39 is 17.8 Å². The summed E-state index contributed by atoms with van der Waals surface area (Å²) in [5.41, 5.74) is 1.00. The Morgan fingerprint density at radius 3 is 2.43 bits per heavy atom. The molecule has 0 bridgehead atoms. The van der Waals surface area contributed by atoms with Crippen LogP contribution < -0.4 is 5.32 Å². The van der Waals surface area contributed by atoms with E-state index >= 15 is 0 Å². The number of rotatable bonds is 5. The van der Waals surface area contributed by atoms with Crippen molar-refractivity contribution in [1.82, 2.24) is 5.32 Å². The monoisotopic (exact) mass is 353 g/mol. The van der Waals surface area contributed by atoms with E-state index in [0.29, 0.717) is 25.3 Å². The molecule has 5 heteroatoms. The van der Waals surface area contributed by atoms with Gasteiger partial charge in [0.1, 0.15) is 0 Å². The lowest BCUT2D eigenvalue weighted by atomic mass is 9.95. The topological polar surface area (TPSA) is 66.4 Å². The van der Waals surface area contributed by atoms with Crippen molar-refractivity contribution in [1.29, 1.82) is 0 Å². The van der Waals surface area contributed by atoms with Crippen LogP contribution in [0.3, 0.4) is 0 Å². The van der Waals surface area contributed by atoms with Crippen molar-refractivity contribution in [3.05, 3.63) is 34.3 Å². The van der Waals surface area contributed by atoms with Crippen molar-refractivity contribution in [2.24, 2.45) is 17.8 Å². The highest BCUT2D eigenvalue weighted by atomic mass is 79.9. The van der Waals surface area contributed by atoms with Gasteiger partial charge in [0.25, 0.3) is 0 Å². The van der Waals surface area contributed by atoms with Crippen molar-refractivity contribution in [2.75, 3.05) is 0 Å². The number of nitrogens with one attached hydrogen (secondary N) is 1. The number of benzene rings is 1. The fourth-order valence-electron chi connectivity index (χ4n) is 2.96. The molecule has 1 aliphatic carbocycles. The first kappa shape index (κ1) is 16.0. The van der Waals surface area contributed by atoms with Gasteiger partial charge in [-0.1, -0.05) is 41.4 Å². The number of carbonyl (C=O) groups is 2. The SMILES string of the molecule is CCC1C[C@H](C(=O)NCc2ccc(Br)cc2)[C@H](C(=O)O)C1. The number of hydrogen-bond acceptors (Lipinski definition) is 2. The highest BCUT2D eigenvalue weighted by Crippen LogP contribution is 2.38. The van der Waals surface area contributed by atoms with Crippen molar-refractivity contribution in [3.8, 4) is 0 Å². The lowest BCUT2D eigenvalue weighted by Crippen LogP contribution is -2.34. The van der Waals surface area contributed by atoms with Crippen LogP contribution in [-0.2, 0) is 16.1 Å². The summed E-state index contributed by atoms with van der Waals surface area (Å²) in [5.74, 6) is -1.59. The molecule has 21 heavy (non-hydrogen) atoms. The molecular formula is C16H20BrNO3. The van der Waals surface area contributed by atoms with Crippen molar-refractivity contribution < 1.29 is 14.7 Å². The average Bonchev–Trinajstić information content (AvgIpc) is 2.91. The van der Waals surface area contributed by atoms with Gasteiger partial charge in [0.05, 0.1) is 11.8 Å². The van der Waals surface area contributed by atoms with Gasteiger partial charge in [0, 0.05) is 11.0 Å². The van der Waals surface area contributed by atoms with Gasteiger partial charge in [-0.25, -0.2) is 0 Å². The number of aliphatic carboxylic acids is 1. The number of carboxylic acid groups (broad SMARTS) is 1. The Labute approximate surface area is 133 Å². The van der Waals surface area contributed by atoms with Gasteiger partial charge in [-0.15, -0.1) is 0 Å². The fourth-order valence-corrected chi connectivity index (χ4v) is 3.23. The number of amides is 1. The molecule has 0 spiro atoms. The molecule has 4 nitrogen and oxygen atoms in total. The molecule has 0 radical (unpaired) electrons. The first-order valence-corrected chi connectivity index (χ1v) is 8.05. The summed E-state index contributed by atoms with van der Waals surface area (Å²) in [6.45, 7) is 2.48. The predicted molar refractivity (Wildman–Crippen MR) is 83.6 cm³/mol. The summed E-state index contributed by atoms with van der Waals surface area (Å²) in [6.07, 6.45) is 2.22. The van der Waals surface area contributed by atoms with E-state index in [2.05, 4.69) is 21.2 Å². The minimum Gasteiger partial charge on any atom is -0.481 e. The normalized spacial score (nSPS) is 24.8. The second-order valence-electron chi connectivity index (χ2n) is 5.64. The smallest absolute Gasteiger partial charge is 0.307 e. The van der Waals surface area contributed by atoms with Gasteiger partial charge < -0.3 is 10.4 Å². The fraction of sp³-hybridized carbons (Fsp3) is 0.500. The highest BCUT2D eigenvalue weighted by molar-refractivity contribution is 9.10. The highest BCUT2D eigenvalue weighted by Gasteiger charge is 2.41. The standard InChI is InChI=1S/C16H20BrNO3/c1-2-10-7-13(14(8-10)16(20)21)15(19)18-9-11-3-5-12(17)6-4-11/h3-6,10,13-14H,2,7-9H2,1H3,(H,18,19)(H,20,21)/t10?,13-,14+/m0/s1. The molecule has 1 saturated carbocycles. The Morgan fingerprint density at radius 2 is 1.86 bits per heavy atom. The van der Waals surface area contributed by atoms with Crippen LogP contribution >= 0.6 is 15.9 Å². The molecular weight excluding hydrogens is 334 g/mol. The van der Waals surface area contributed by atoms with E-state index in [1.54, 1.807) is 0 Å². The second-order valence-corrected chi connectivity index (χ2v) is 6.56. The molecule has 1 aromatic rings. The van der Waals surface area contributed by atoms with Crippen LogP contribution in [0, 0.1) is 17.8 Å². The number of carbonyl (C=O) groups excluding carboxylic acids is 1. The number of carboxylic acids is 1. The summed E-state index contributed by atoms with van der Waals surface area (Å²) in [4.78, 5) is 23.6. The number of halogens is 1. The predicted octanol–water partition coefficient (Wildman–Crippen LogP) is 3.20. The van der Waals surface area contributed by atoms with Gasteiger partial charge in [-0.3, -0.25) is 9.59 Å². The molecule has 2 rings (SSSR count). The van der Waals surface area contributed by atoms with Crippen LogP contribution in [0.5, 0.6) is 0 Å². The maximum Gasteiger partial charge on any atom is 0.307 e. The Bertz CT molecular complexity index is 515. The molecule has 0 aliphatic heterocycles. The Balaban J connectivity index is 1.95. The van der Waals surface area contributed by atoms with Crippen LogP contribution in [0.15, 0.2) is 28.7 Å². The quantitative estimate of drug-likeness (QED) is 0.853. The third-order valence-electron chi connectivity index (χ3n) is 4.27. The largest absolute Gasteiger partial charge is 0.481 e. The summed E-state index contributed by atoms with van der Waals surface area (Å²) >= 11 is 3.37. The minimum absolute atomic E-state index is 0.138. The van der Waals surface area contributed by atoms with Crippen molar-refractivity contribution in [3.63, 3.8) is 0 Å². The van der Waals surface area contributed by atoms with Crippen LogP contribution in [0.25, 0.3) is 0 Å². The molecule has 114 valence electrons. The van der Waals surface area contributed by atoms with Gasteiger partial charge in [-0.05, 0) is 36.5 Å². The zero-order valence-corrected chi connectivity index (χ0v) is 13.6. The van der Waals surface area contributed by atoms with E-state index in [9.17, 15) is 14.7 Å². The molecule has 2 N–H and O–H groups in total. The Kier molecular flexibility index (Phi) is 5.39. The first-order chi connectivity index (χ1) is 10.0. The minimum atomic E-state index is -0.852. The molecule has 1 unspecified atom stereocenters. The lowest BCUT2D eigenvalue weighted by molar-refractivity contribution is -0.146. The zero-order chi connectivity index (χ0) is 15.4. The maximum absolute atomic E-state index is 12.3. The summed E-state index contributed by atoms with van der Waals surface area (Å²) in [7, 11) is 0. The summed E-state index contributed by atoms with van der Waals surface area (Å²) in [6, 6.07) is 7.71. The number of hydrogen-bond donors (Lipinski definition) is 2. The van der Waals surface area contributed by atoms with Gasteiger partial charge in [0.15, 0.2) is 0 Å². The van der Waals surface area contributed by atoms with E-state index in [4.69, 9.17) is 0 Å². The third-order valence-corrected chi connectivity index (χ3v) is 4.80. The molecule has 0 saturated heterocycles. The van der Waals surface area contributed by atoms with E-state index in [1.165, 1.54) is 0 Å². The molecule has 3 atom stereocenters. The zero-order valence-electron chi connectivity index (χ0n) is 12.0. The van der Waals surface area contributed by atoms with E-state index in [0.717, 1.165) is 16.5 Å².